The van der Waals surface area contributed by atoms with Crippen molar-refractivity contribution in [2.45, 2.75) is 32.2 Å². The zero-order valence-electron chi connectivity index (χ0n) is 15.8. The molecule has 1 aliphatic heterocycles. The Balaban J connectivity index is 1.52. The number of hydrogen-bond donors (Lipinski definition) is 1. The maximum Gasteiger partial charge on any atom is 0.260 e. The Morgan fingerprint density at radius 1 is 1.21 bits per heavy atom. The van der Waals surface area contributed by atoms with Crippen molar-refractivity contribution in [2.75, 3.05) is 13.1 Å². The Bertz CT molecular complexity index is 1020. The SMILES string of the molecule is Cc1ccc(C(=O)N2CCC[C@H](c3nccn3Cc3ccncc3)C2)c(=O)[nH]1. The minimum absolute atomic E-state index is 0.152. The van der Waals surface area contributed by atoms with E-state index in [9.17, 15) is 9.59 Å². The summed E-state index contributed by atoms with van der Waals surface area (Å²) in [5.74, 6) is 0.921. The Kier molecular flexibility index (Phi) is 5.06. The first-order chi connectivity index (χ1) is 13.6. The first-order valence-corrected chi connectivity index (χ1v) is 9.51. The number of pyridine rings is 2. The van der Waals surface area contributed by atoms with Crippen LogP contribution in [0.5, 0.6) is 0 Å². The summed E-state index contributed by atoms with van der Waals surface area (Å²) in [4.78, 5) is 38.2. The number of aromatic amines is 1. The summed E-state index contributed by atoms with van der Waals surface area (Å²) in [5, 5.41) is 0. The summed E-state index contributed by atoms with van der Waals surface area (Å²) in [6.07, 6.45) is 9.21. The van der Waals surface area contributed by atoms with Crippen molar-refractivity contribution >= 4 is 5.91 Å². The van der Waals surface area contributed by atoms with Gasteiger partial charge in [-0.25, -0.2) is 4.98 Å². The van der Waals surface area contributed by atoms with E-state index in [1.807, 2.05) is 24.5 Å². The molecule has 0 aromatic carbocycles. The van der Waals surface area contributed by atoms with Crippen LogP contribution in [-0.2, 0) is 6.54 Å². The van der Waals surface area contributed by atoms with E-state index < -0.39 is 0 Å². The summed E-state index contributed by atoms with van der Waals surface area (Å²) in [5.41, 5.74) is 1.78. The number of rotatable bonds is 4. The second-order valence-corrected chi connectivity index (χ2v) is 7.24. The van der Waals surface area contributed by atoms with Gasteiger partial charge in [0.15, 0.2) is 0 Å². The number of piperidine rings is 1. The molecule has 4 rings (SSSR count). The van der Waals surface area contributed by atoms with Crippen LogP contribution in [0.3, 0.4) is 0 Å². The largest absolute Gasteiger partial charge is 0.338 e. The van der Waals surface area contributed by atoms with Crippen molar-refractivity contribution in [3.63, 3.8) is 0 Å². The van der Waals surface area contributed by atoms with Crippen LogP contribution in [0.4, 0.5) is 0 Å². The third kappa shape index (κ3) is 3.74. The van der Waals surface area contributed by atoms with Gasteiger partial charge in [0, 0.05) is 56.0 Å². The second kappa shape index (κ2) is 7.80. The van der Waals surface area contributed by atoms with E-state index in [2.05, 4.69) is 19.5 Å². The standard InChI is InChI=1S/C21H23N5O2/c1-15-4-5-18(20(27)24-15)21(28)26-11-2-3-17(14-26)19-23-10-12-25(19)13-16-6-8-22-9-7-16/h4-10,12,17H,2-3,11,13-14H2,1H3,(H,24,27)/t17-/m0/s1. The van der Waals surface area contributed by atoms with Crippen molar-refractivity contribution < 1.29 is 4.79 Å². The number of amides is 1. The molecule has 1 fully saturated rings. The highest BCUT2D eigenvalue weighted by atomic mass is 16.2. The van der Waals surface area contributed by atoms with Crippen molar-refractivity contribution in [2.24, 2.45) is 0 Å². The summed E-state index contributed by atoms with van der Waals surface area (Å²) in [6, 6.07) is 7.36. The zero-order valence-corrected chi connectivity index (χ0v) is 15.8. The molecule has 1 saturated heterocycles. The van der Waals surface area contributed by atoms with Crippen LogP contribution in [0.2, 0.25) is 0 Å². The molecule has 3 aromatic rings. The molecule has 0 spiro atoms. The molecule has 0 bridgehead atoms. The average molecular weight is 377 g/mol. The molecule has 3 aromatic heterocycles. The number of nitrogens with one attached hydrogen (secondary N) is 1. The van der Waals surface area contributed by atoms with Gasteiger partial charge in [0.25, 0.3) is 11.5 Å². The Hall–Kier alpha value is -3.22. The fourth-order valence-corrected chi connectivity index (χ4v) is 3.78. The lowest BCUT2D eigenvalue weighted by molar-refractivity contribution is 0.0701. The quantitative estimate of drug-likeness (QED) is 0.756. The molecular weight excluding hydrogens is 354 g/mol. The minimum atomic E-state index is -0.327. The van der Waals surface area contributed by atoms with E-state index in [4.69, 9.17) is 0 Å². The zero-order chi connectivity index (χ0) is 19.5. The summed E-state index contributed by atoms with van der Waals surface area (Å²) >= 11 is 0. The number of imidazole rings is 1. The summed E-state index contributed by atoms with van der Waals surface area (Å²) in [7, 11) is 0. The van der Waals surface area contributed by atoms with Crippen LogP contribution in [0.1, 0.15) is 46.2 Å². The third-order valence-electron chi connectivity index (χ3n) is 5.21. The van der Waals surface area contributed by atoms with Crippen LogP contribution < -0.4 is 5.56 Å². The number of nitrogens with zero attached hydrogens (tertiary/aromatic N) is 4. The number of likely N-dealkylation sites (tertiary alicyclic amines) is 1. The topological polar surface area (TPSA) is 83.9 Å². The molecule has 28 heavy (non-hydrogen) atoms. The van der Waals surface area contributed by atoms with Crippen LogP contribution in [0, 0.1) is 6.92 Å². The van der Waals surface area contributed by atoms with Crippen LogP contribution in [0.25, 0.3) is 0 Å². The molecule has 1 aliphatic rings. The molecule has 1 N–H and O–H groups in total. The van der Waals surface area contributed by atoms with Gasteiger partial charge in [0.1, 0.15) is 11.4 Å². The molecular formula is C21H23N5O2. The van der Waals surface area contributed by atoms with Crippen molar-refractivity contribution in [3.8, 4) is 0 Å². The lowest BCUT2D eigenvalue weighted by Crippen LogP contribution is -2.41. The molecule has 0 radical (unpaired) electrons. The van der Waals surface area contributed by atoms with Crippen molar-refractivity contribution in [1.82, 2.24) is 24.4 Å². The van der Waals surface area contributed by atoms with Crippen molar-refractivity contribution in [3.05, 3.63) is 82.1 Å². The van der Waals surface area contributed by atoms with Crippen LogP contribution >= 0.6 is 0 Å². The summed E-state index contributed by atoms with van der Waals surface area (Å²) < 4.78 is 2.13. The number of aryl methyl sites for hydroxylation is 1. The Morgan fingerprint density at radius 2 is 2.04 bits per heavy atom. The fraction of sp³-hybridized carbons (Fsp3) is 0.333. The maximum atomic E-state index is 12.9. The number of aromatic nitrogens is 4. The van der Waals surface area contributed by atoms with Crippen molar-refractivity contribution in [1.29, 1.82) is 0 Å². The molecule has 7 heteroatoms. The van der Waals surface area contributed by atoms with E-state index in [-0.39, 0.29) is 22.9 Å². The minimum Gasteiger partial charge on any atom is -0.338 e. The van der Waals surface area contributed by atoms with E-state index in [1.165, 1.54) is 0 Å². The number of carbonyl (C=O) groups is 1. The highest BCUT2D eigenvalue weighted by molar-refractivity contribution is 5.93. The maximum absolute atomic E-state index is 12.9. The molecule has 0 saturated carbocycles. The van der Waals surface area contributed by atoms with Gasteiger partial charge in [0.05, 0.1) is 0 Å². The number of H-pyrrole nitrogens is 1. The monoisotopic (exact) mass is 377 g/mol. The number of hydrogen-bond acceptors (Lipinski definition) is 4. The molecule has 1 amide bonds. The molecule has 0 unspecified atom stereocenters. The van der Waals surface area contributed by atoms with Gasteiger partial charge in [-0.15, -0.1) is 0 Å². The molecule has 1 atom stereocenters. The second-order valence-electron chi connectivity index (χ2n) is 7.24. The lowest BCUT2D eigenvalue weighted by Gasteiger charge is -2.32. The number of carbonyl (C=O) groups excluding carboxylic acids is 1. The Labute approximate surface area is 163 Å². The molecule has 0 aliphatic carbocycles. The van der Waals surface area contributed by atoms with Crippen LogP contribution in [0.15, 0.2) is 53.8 Å². The highest BCUT2D eigenvalue weighted by Crippen LogP contribution is 2.27. The van der Waals surface area contributed by atoms with Gasteiger partial charge in [-0.05, 0) is 49.6 Å². The van der Waals surface area contributed by atoms with Gasteiger partial charge in [-0.3, -0.25) is 14.6 Å². The highest BCUT2D eigenvalue weighted by Gasteiger charge is 2.29. The van der Waals surface area contributed by atoms with Crippen LogP contribution in [-0.4, -0.2) is 43.4 Å². The van der Waals surface area contributed by atoms with Gasteiger partial charge in [-0.2, -0.15) is 0 Å². The van der Waals surface area contributed by atoms with Gasteiger partial charge < -0.3 is 14.5 Å². The van der Waals surface area contributed by atoms with Gasteiger partial charge in [-0.1, -0.05) is 0 Å². The van der Waals surface area contributed by atoms with E-state index in [0.29, 0.717) is 13.1 Å². The molecule has 144 valence electrons. The predicted molar refractivity (Wildman–Crippen MR) is 105 cm³/mol. The van der Waals surface area contributed by atoms with E-state index in [0.717, 1.165) is 36.5 Å². The smallest absolute Gasteiger partial charge is 0.260 e. The van der Waals surface area contributed by atoms with Gasteiger partial charge >= 0.3 is 0 Å². The third-order valence-corrected chi connectivity index (χ3v) is 5.21. The van der Waals surface area contributed by atoms with Gasteiger partial charge in [0.2, 0.25) is 0 Å². The molecule has 7 nitrogen and oxygen atoms in total. The fourth-order valence-electron chi connectivity index (χ4n) is 3.78. The predicted octanol–water partition coefficient (Wildman–Crippen LogP) is 2.34. The lowest BCUT2D eigenvalue weighted by atomic mass is 9.96. The normalized spacial score (nSPS) is 16.9. The molecule has 4 heterocycles. The summed E-state index contributed by atoms with van der Waals surface area (Å²) in [6.45, 7) is 3.75. The first-order valence-electron chi connectivity index (χ1n) is 9.51. The average Bonchev–Trinajstić information content (AvgIpc) is 3.16. The Morgan fingerprint density at radius 3 is 2.82 bits per heavy atom. The first kappa shape index (κ1) is 18.2. The van der Waals surface area contributed by atoms with E-state index >= 15 is 0 Å². The van der Waals surface area contributed by atoms with E-state index in [1.54, 1.807) is 36.4 Å².